The molecule has 0 bridgehead atoms. The first kappa shape index (κ1) is 13.4. The van der Waals surface area contributed by atoms with Crippen molar-refractivity contribution in [2.24, 2.45) is 11.3 Å². The molecule has 1 heterocycles. The molecule has 0 aromatic carbocycles. The van der Waals surface area contributed by atoms with Gasteiger partial charge in [-0.3, -0.25) is 0 Å². The molecule has 1 atom stereocenters. The van der Waals surface area contributed by atoms with Gasteiger partial charge in [0.05, 0.1) is 0 Å². The Morgan fingerprint density at radius 1 is 1.27 bits per heavy atom. The fraction of sp³-hybridized carbons (Fsp3) is 1.00. The van der Waals surface area contributed by atoms with Gasteiger partial charge in [0.2, 0.25) is 0 Å². The molecule has 1 saturated heterocycles. The summed E-state index contributed by atoms with van der Waals surface area (Å²) < 4.78 is 0. The number of rotatable bonds is 4. The summed E-state index contributed by atoms with van der Waals surface area (Å²) in [4.78, 5) is 2.65. The second-order valence-corrected chi connectivity index (χ2v) is 6.14. The van der Waals surface area contributed by atoms with Gasteiger partial charge in [-0.2, -0.15) is 12.6 Å². The predicted molar refractivity (Wildman–Crippen MR) is 71.7 cm³/mol. The molecular formula is C13H27NS. The lowest BCUT2D eigenvalue weighted by Crippen LogP contribution is -2.31. The first-order valence-corrected chi connectivity index (χ1v) is 7.04. The minimum atomic E-state index is 0.567. The molecule has 0 amide bonds. The molecule has 90 valence electrons. The molecule has 1 unspecified atom stereocenters. The number of nitrogens with zero attached hydrogens (tertiary/aromatic N) is 1. The van der Waals surface area contributed by atoms with E-state index >= 15 is 0 Å². The maximum absolute atomic E-state index is 4.43. The zero-order valence-corrected chi connectivity index (χ0v) is 11.5. The lowest BCUT2D eigenvalue weighted by molar-refractivity contribution is 0.232. The first-order chi connectivity index (χ1) is 7.07. The molecule has 1 fully saturated rings. The zero-order valence-electron chi connectivity index (χ0n) is 10.6. The minimum absolute atomic E-state index is 0.567. The smallest absolute Gasteiger partial charge is 0.00174 e. The lowest BCUT2D eigenvalue weighted by atomic mass is 9.85. The minimum Gasteiger partial charge on any atom is -0.303 e. The van der Waals surface area contributed by atoms with Crippen LogP contribution in [0.25, 0.3) is 0 Å². The molecule has 0 saturated carbocycles. The predicted octanol–water partition coefficient (Wildman–Crippen LogP) is 3.45. The van der Waals surface area contributed by atoms with E-state index in [0.717, 1.165) is 11.7 Å². The van der Waals surface area contributed by atoms with Crippen LogP contribution in [0.5, 0.6) is 0 Å². The van der Waals surface area contributed by atoms with Crippen LogP contribution in [0.15, 0.2) is 0 Å². The monoisotopic (exact) mass is 229 g/mol. The van der Waals surface area contributed by atoms with Crippen molar-refractivity contribution in [3.05, 3.63) is 0 Å². The van der Waals surface area contributed by atoms with E-state index in [4.69, 9.17) is 0 Å². The number of likely N-dealkylation sites (tertiary alicyclic amines) is 1. The Hall–Kier alpha value is 0.310. The van der Waals surface area contributed by atoms with Crippen molar-refractivity contribution >= 4 is 12.6 Å². The molecule has 0 radical (unpaired) electrons. The number of thiol groups is 1. The molecule has 2 heteroatoms. The van der Waals surface area contributed by atoms with E-state index in [1.165, 1.54) is 45.3 Å². The quantitative estimate of drug-likeness (QED) is 0.723. The van der Waals surface area contributed by atoms with Gasteiger partial charge >= 0.3 is 0 Å². The van der Waals surface area contributed by atoms with Crippen molar-refractivity contribution in [2.75, 3.05) is 25.4 Å². The highest BCUT2D eigenvalue weighted by Crippen LogP contribution is 2.30. The topological polar surface area (TPSA) is 3.24 Å². The summed E-state index contributed by atoms with van der Waals surface area (Å²) in [6, 6.07) is 0. The summed E-state index contributed by atoms with van der Waals surface area (Å²) >= 11 is 4.43. The van der Waals surface area contributed by atoms with E-state index < -0.39 is 0 Å². The molecule has 0 aromatic rings. The van der Waals surface area contributed by atoms with E-state index in [1.807, 2.05) is 0 Å². The van der Waals surface area contributed by atoms with Gasteiger partial charge in [-0.1, -0.05) is 27.2 Å². The molecule has 1 aliphatic rings. The van der Waals surface area contributed by atoms with Gasteiger partial charge in [0.25, 0.3) is 0 Å². The fourth-order valence-corrected chi connectivity index (χ4v) is 2.72. The Kier molecular flexibility index (Phi) is 5.48. The average molecular weight is 229 g/mol. The van der Waals surface area contributed by atoms with Gasteiger partial charge in [-0.15, -0.1) is 0 Å². The number of hydrogen-bond acceptors (Lipinski definition) is 2. The van der Waals surface area contributed by atoms with Crippen LogP contribution in [0.4, 0.5) is 0 Å². The Labute approximate surface area is 101 Å². The van der Waals surface area contributed by atoms with Gasteiger partial charge in [0.15, 0.2) is 0 Å². The van der Waals surface area contributed by atoms with Crippen LogP contribution in [-0.4, -0.2) is 30.3 Å². The van der Waals surface area contributed by atoms with Crippen LogP contribution < -0.4 is 0 Å². The van der Waals surface area contributed by atoms with Crippen LogP contribution in [0.1, 0.15) is 46.5 Å². The molecule has 0 aromatic heterocycles. The van der Waals surface area contributed by atoms with E-state index in [9.17, 15) is 0 Å². The van der Waals surface area contributed by atoms with E-state index in [2.05, 4.69) is 38.3 Å². The van der Waals surface area contributed by atoms with Crippen molar-refractivity contribution in [1.82, 2.24) is 4.90 Å². The third-order valence-corrected chi connectivity index (χ3v) is 4.30. The standard InChI is InChI=1S/C13H27NS/c1-4-12(11-15)10-14-8-5-6-13(2,3)7-9-14/h12,15H,4-11H2,1-3H3. The summed E-state index contributed by atoms with van der Waals surface area (Å²) in [7, 11) is 0. The molecule has 1 rings (SSSR count). The largest absolute Gasteiger partial charge is 0.303 e. The van der Waals surface area contributed by atoms with Crippen molar-refractivity contribution in [2.45, 2.75) is 46.5 Å². The van der Waals surface area contributed by atoms with Crippen molar-refractivity contribution in [1.29, 1.82) is 0 Å². The van der Waals surface area contributed by atoms with Crippen molar-refractivity contribution < 1.29 is 0 Å². The molecule has 15 heavy (non-hydrogen) atoms. The Morgan fingerprint density at radius 3 is 2.60 bits per heavy atom. The highest BCUT2D eigenvalue weighted by atomic mass is 32.1. The maximum atomic E-state index is 4.43. The van der Waals surface area contributed by atoms with Crippen molar-refractivity contribution in [3.8, 4) is 0 Å². The molecule has 0 N–H and O–H groups in total. The van der Waals surface area contributed by atoms with Crippen LogP contribution in [0.3, 0.4) is 0 Å². The maximum Gasteiger partial charge on any atom is 0.00174 e. The summed E-state index contributed by atoms with van der Waals surface area (Å²) in [6.07, 6.45) is 5.39. The van der Waals surface area contributed by atoms with Gasteiger partial charge in [-0.25, -0.2) is 0 Å². The Bertz CT molecular complexity index is 175. The normalized spacial score (nSPS) is 24.8. The second kappa shape index (κ2) is 6.15. The number of hydrogen-bond donors (Lipinski definition) is 1. The summed E-state index contributed by atoms with van der Waals surface area (Å²) in [5.41, 5.74) is 0.567. The molecule has 1 aliphatic heterocycles. The third-order valence-electron chi connectivity index (χ3n) is 3.78. The van der Waals surface area contributed by atoms with Gasteiger partial charge in [-0.05, 0) is 49.4 Å². The Balaban J connectivity index is 2.37. The Morgan fingerprint density at radius 2 is 2.00 bits per heavy atom. The SMILES string of the molecule is CCC(CS)CN1CCCC(C)(C)CC1. The highest BCUT2D eigenvalue weighted by molar-refractivity contribution is 7.80. The molecule has 0 spiro atoms. The summed E-state index contributed by atoms with van der Waals surface area (Å²) in [6.45, 7) is 10.9. The van der Waals surface area contributed by atoms with E-state index in [1.54, 1.807) is 0 Å². The fourth-order valence-electron chi connectivity index (χ4n) is 2.34. The summed E-state index contributed by atoms with van der Waals surface area (Å²) in [5.74, 6) is 1.82. The second-order valence-electron chi connectivity index (χ2n) is 5.78. The molecule has 1 nitrogen and oxygen atoms in total. The van der Waals surface area contributed by atoms with Crippen LogP contribution >= 0.6 is 12.6 Å². The lowest BCUT2D eigenvalue weighted by Gasteiger charge is -2.26. The van der Waals surface area contributed by atoms with Crippen molar-refractivity contribution in [3.63, 3.8) is 0 Å². The first-order valence-electron chi connectivity index (χ1n) is 6.40. The van der Waals surface area contributed by atoms with E-state index in [0.29, 0.717) is 5.41 Å². The zero-order chi connectivity index (χ0) is 11.3. The third kappa shape index (κ3) is 4.78. The van der Waals surface area contributed by atoms with Gasteiger partial charge < -0.3 is 4.90 Å². The highest BCUT2D eigenvalue weighted by Gasteiger charge is 2.23. The molecule has 0 aliphatic carbocycles. The van der Waals surface area contributed by atoms with Gasteiger partial charge in [0.1, 0.15) is 0 Å². The van der Waals surface area contributed by atoms with Crippen LogP contribution in [-0.2, 0) is 0 Å². The average Bonchev–Trinajstić information content (AvgIpc) is 2.36. The summed E-state index contributed by atoms with van der Waals surface area (Å²) in [5, 5.41) is 0. The molecular weight excluding hydrogens is 202 g/mol. The van der Waals surface area contributed by atoms with Crippen LogP contribution in [0, 0.1) is 11.3 Å². The van der Waals surface area contributed by atoms with Crippen LogP contribution in [0.2, 0.25) is 0 Å². The van der Waals surface area contributed by atoms with Gasteiger partial charge in [0, 0.05) is 6.54 Å². The van der Waals surface area contributed by atoms with E-state index in [-0.39, 0.29) is 0 Å².